The molecule has 1 aromatic heterocycles. The Bertz CT molecular complexity index is 757. The van der Waals surface area contributed by atoms with Gasteiger partial charge in [0.25, 0.3) is 5.69 Å². The Morgan fingerprint density at radius 1 is 1.44 bits per heavy atom. The fraction of sp³-hybridized carbons (Fsp3) is 0.444. The SMILES string of the molecule is CC(CC1CCCC1)(C(=O)Nc1nccs1)c1cccc([N+](=O)[O-])c1. The molecule has 0 saturated heterocycles. The Balaban J connectivity index is 1.94. The van der Waals surface area contributed by atoms with Crippen LogP contribution in [0, 0.1) is 16.0 Å². The second kappa shape index (κ2) is 7.31. The maximum Gasteiger partial charge on any atom is 0.269 e. The number of nitro benzene ring substituents is 1. The average molecular weight is 359 g/mol. The molecule has 0 aliphatic heterocycles. The van der Waals surface area contributed by atoms with Gasteiger partial charge in [-0.2, -0.15) is 0 Å². The highest BCUT2D eigenvalue weighted by molar-refractivity contribution is 7.13. The van der Waals surface area contributed by atoms with Crippen LogP contribution in [0.1, 0.15) is 44.6 Å². The molecule has 1 unspecified atom stereocenters. The Hall–Kier alpha value is -2.28. The highest BCUT2D eigenvalue weighted by Crippen LogP contribution is 2.39. The highest BCUT2D eigenvalue weighted by atomic mass is 32.1. The van der Waals surface area contributed by atoms with E-state index in [0.717, 1.165) is 12.8 Å². The van der Waals surface area contributed by atoms with E-state index < -0.39 is 10.3 Å². The van der Waals surface area contributed by atoms with Gasteiger partial charge >= 0.3 is 0 Å². The molecule has 1 N–H and O–H groups in total. The van der Waals surface area contributed by atoms with Crippen molar-refractivity contribution in [2.75, 3.05) is 5.32 Å². The fourth-order valence-corrected chi connectivity index (χ4v) is 4.14. The van der Waals surface area contributed by atoms with Crippen molar-refractivity contribution in [1.29, 1.82) is 0 Å². The van der Waals surface area contributed by atoms with Gasteiger partial charge in [-0.25, -0.2) is 4.98 Å². The van der Waals surface area contributed by atoms with Crippen LogP contribution in [0.5, 0.6) is 0 Å². The Morgan fingerprint density at radius 3 is 2.84 bits per heavy atom. The fourth-order valence-electron chi connectivity index (χ4n) is 3.62. The lowest BCUT2D eigenvalue weighted by atomic mass is 9.74. The number of non-ortho nitro benzene ring substituents is 1. The summed E-state index contributed by atoms with van der Waals surface area (Å²) < 4.78 is 0. The summed E-state index contributed by atoms with van der Waals surface area (Å²) in [4.78, 5) is 27.9. The summed E-state index contributed by atoms with van der Waals surface area (Å²) in [6, 6.07) is 6.44. The molecular formula is C18H21N3O3S. The summed E-state index contributed by atoms with van der Waals surface area (Å²) in [5.41, 5.74) is -0.132. The first kappa shape index (κ1) is 17.5. The van der Waals surface area contributed by atoms with Gasteiger partial charge in [-0.3, -0.25) is 14.9 Å². The van der Waals surface area contributed by atoms with Crippen LogP contribution in [0.2, 0.25) is 0 Å². The molecule has 6 nitrogen and oxygen atoms in total. The van der Waals surface area contributed by atoms with E-state index in [9.17, 15) is 14.9 Å². The minimum absolute atomic E-state index is 0.0113. The van der Waals surface area contributed by atoms with E-state index >= 15 is 0 Å². The smallest absolute Gasteiger partial charge is 0.269 e. The number of carbonyl (C=O) groups excluding carboxylic acids is 1. The number of nitrogens with one attached hydrogen (secondary N) is 1. The highest BCUT2D eigenvalue weighted by Gasteiger charge is 2.39. The minimum atomic E-state index is -0.827. The van der Waals surface area contributed by atoms with Gasteiger partial charge in [0.2, 0.25) is 5.91 Å². The number of rotatable bonds is 6. The van der Waals surface area contributed by atoms with E-state index in [4.69, 9.17) is 0 Å². The van der Waals surface area contributed by atoms with E-state index in [2.05, 4.69) is 10.3 Å². The zero-order valence-corrected chi connectivity index (χ0v) is 14.9. The van der Waals surface area contributed by atoms with Crippen molar-refractivity contribution in [2.24, 2.45) is 5.92 Å². The lowest BCUT2D eigenvalue weighted by Gasteiger charge is -2.31. The molecule has 0 bridgehead atoms. The lowest BCUT2D eigenvalue weighted by Crippen LogP contribution is -2.39. The minimum Gasteiger partial charge on any atom is -0.301 e. The molecule has 2 aromatic rings. The van der Waals surface area contributed by atoms with Crippen LogP contribution in [0.15, 0.2) is 35.8 Å². The number of hydrogen-bond acceptors (Lipinski definition) is 5. The number of thiazole rings is 1. The van der Waals surface area contributed by atoms with Crippen molar-refractivity contribution < 1.29 is 9.72 Å². The predicted molar refractivity (Wildman–Crippen MR) is 97.8 cm³/mol. The quantitative estimate of drug-likeness (QED) is 0.606. The van der Waals surface area contributed by atoms with E-state index in [1.165, 1.54) is 36.3 Å². The monoisotopic (exact) mass is 359 g/mol. The largest absolute Gasteiger partial charge is 0.301 e. The molecule has 1 amide bonds. The molecular weight excluding hydrogens is 338 g/mol. The van der Waals surface area contributed by atoms with E-state index in [0.29, 0.717) is 23.0 Å². The number of benzene rings is 1. The summed E-state index contributed by atoms with van der Waals surface area (Å²) in [6.45, 7) is 1.88. The van der Waals surface area contributed by atoms with Crippen LogP contribution in [0.4, 0.5) is 10.8 Å². The third-order valence-corrected chi connectivity index (χ3v) is 5.71. The van der Waals surface area contributed by atoms with Crippen molar-refractivity contribution in [2.45, 2.75) is 44.4 Å². The summed E-state index contributed by atoms with van der Waals surface area (Å²) in [7, 11) is 0. The third kappa shape index (κ3) is 3.87. The molecule has 1 aromatic carbocycles. The van der Waals surface area contributed by atoms with Gasteiger partial charge in [-0.15, -0.1) is 11.3 Å². The Kier molecular flexibility index (Phi) is 5.13. The molecule has 3 rings (SSSR count). The molecule has 1 aliphatic carbocycles. The third-order valence-electron chi connectivity index (χ3n) is 5.02. The molecule has 0 radical (unpaired) electrons. The van der Waals surface area contributed by atoms with Crippen LogP contribution in [0.25, 0.3) is 0 Å². The molecule has 1 aliphatic rings. The average Bonchev–Trinajstić information content (AvgIpc) is 3.28. The zero-order valence-electron chi connectivity index (χ0n) is 14.1. The van der Waals surface area contributed by atoms with Gasteiger partial charge in [-0.1, -0.05) is 37.8 Å². The number of amides is 1. The van der Waals surface area contributed by atoms with Crippen molar-refractivity contribution in [3.05, 3.63) is 51.5 Å². The van der Waals surface area contributed by atoms with Crippen LogP contribution < -0.4 is 5.32 Å². The van der Waals surface area contributed by atoms with Gasteiger partial charge in [-0.05, 0) is 24.8 Å². The van der Waals surface area contributed by atoms with Crippen molar-refractivity contribution >= 4 is 28.1 Å². The molecule has 1 atom stereocenters. The van der Waals surface area contributed by atoms with Gasteiger partial charge in [0, 0.05) is 23.7 Å². The van der Waals surface area contributed by atoms with Crippen LogP contribution in [0.3, 0.4) is 0 Å². The Labute approximate surface area is 150 Å². The summed E-state index contributed by atoms with van der Waals surface area (Å²) in [6.07, 6.45) is 6.91. The van der Waals surface area contributed by atoms with Crippen molar-refractivity contribution in [1.82, 2.24) is 4.98 Å². The first-order chi connectivity index (χ1) is 12.0. The molecule has 1 heterocycles. The lowest BCUT2D eigenvalue weighted by molar-refractivity contribution is -0.384. The number of nitro groups is 1. The summed E-state index contributed by atoms with van der Waals surface area (Å²) in [5.74, 6) is 0.307. The maximum atomic E-state index is 13.1. The number of anilines is 1. The summed E-state index contributed by atoms with van der Waals surface area (Å²) in [5, 5.41) is 16.4. The van der Waals surface area contributed by atoms with Crippen LogP contribution in [-0.4, -0.2) is 15.8 Å². The molecule has 1 saturated carbocycles. The van der Waals surface area contributed by atoms with Crippen LogP contribution >= 0.6 is 11.3 Å². The van der Waals surface area contributed by atoms with Gasteiger partial charge in [0.05, 0.1) is 10.3 Å². The molecule has 1 fully saturated rings. The van der Waals surface area contributed by atoms with Gasteiger partial charge in [0.15, 0.2) is 5.13 Å². The summed E-state index contributed by atoms with van der Waals surface area (Å²) >= 11 is 1.36. The number of hydrogen-bond donors (Lipinski definition) is 1. The topological polar surface area (TPSA) is 85.1 Å². The van der Waals surface area contributed by atoms with E-state index in [1.807, 2.05) is 13.0 Å². The van der Waals surface area contributed by atoms with E-state index in [1.54, 1.807) is 17.6 Å². The normalized spacial score (nSPS) is 17.2. The first-order valence-electron chi connectivity index (χ1n) is 8.45. The van der Waals surface area contributed by atoms with Gasteiger partial charge < -0.3 is 5.32 Å². The first-order valence-corrected chi connectivity index (χ1v) is 9.33. The second-order valence-corrected chi connectivity index (χ2v) is 7.68. The standard InChI is InChI=1S/C18H21N3O3S/c1-18(12-13-5-2-3-6-13,16(22)20-17-19-9-10-25-17)14-7-4-8-15(11-14)21(23)24/h4,7-11,13H,2-3,5-6,12H2,1H3,(H,19,20,22). The van der Waals surface area contributed by atoms with Gasteiger partial charge in [0.1, 0.15) is 0 Å². The molecule has 25 heavy (non-hydrogen) atoms. The van der Waals surface area contributed by atoms with Crippen molar-refractivity contribution in [3.8, 4) is 0 Å². The molecule has 0 spiro atoms. The molecule has 132 valence electrons. The maximum absolute atomic E-state index is 13.1. The molecule has 7 heteroatoms. The number of carbonyl (C=O) groups is 1. The predicted octanol–water partition coefficient (Wildman–Crippen LogP) is 4.53. The number of aromatic nitrogens is 1. The number of nitrogens with zero attached hydrogens (tertiary/aromatic N) is 2. The zero-order chi connectivity index (χ0) is 17.9. The Morgan fingerprint density at radius 2 is 2.20 bits per heavy atom. The van der Waals surface area contributed by atoms with Crippen molar-refractivity contribution in [3.63, 3.8) is 0 Å². The van der Waals surface area contributed by atoms with E-state index in [-0.39, 0.29) is 11.6 Å². The second-order valence-electron chi connectivity index (χ2n) is 6.79. The van der Waals surface area contributed by atoms with Crippen LogP contribution in [-0.2, 0) is 10.2 Å².